The van der Waals surface area contributed by atoms with Gasteiger partial charge < -0.3 is 11.1 Å². The number of hydrogen-bond donors (Lipinski definition) is 2. The first-order valence-corrected chi connectivity index (χ1v) is 6.65. The van der Waals surface area contributed by atoms with E-state index in [-0.39, 0.29) is 17.4 Å². The van der Waals surface area contributed by atoms with Gasteiger partial charge in [0.2, 0.25) is 5.91 Å². The summed E-state index contributed by atoms with van der Waals surface area (Å²) in [5.41, 5.74) is 5.92. The fourth-order valence-corrected chi connectivity index (χ4v) is 2.20. The molecule has 0 saturated heterocycles. The van der Waals surface area contributed by atoms with Gasteiger partial charge in [-0.15, -0.1) is 0 Å². The van der Waals surface area contributed by atoms with Crippen LogP contribution in [-0.2, 0) is 4.79 Å². The van der Waals surface area contributed by atoms with Crippen LogP contribution >= 0.6 is 0 Å². The molecule has 0 aliphatic rings. The van der Waals surface area contributed by atoms with Gasteiger partial charge in [0.05, 0.1) is 0 Å². The molecule has 2 unspecified atom stereocenters. The predicted molar refractivity (Wildman–Crippen MR) is 73.7 cm³/mol. The van der Waals surface area contributed by atoms with E-state index >= 15 is 0 Å². The molecule has 3 nitrogen and oxygen atoms in total. The number of carbonyl (C=O) groups excluding carboxylic acids is 1. The average molecular weight is 242 g/mol. The summed E-state index contributed by atoms with van der Waals surface area (Å²) in [5, 5.41) is 3.02. The van der Waals surface area contributed by atoms with Crippen LogP contribution in [0.2, 0.25) is 0 Å². The maximum Gasteiger partial charge on any atom is 0.220 e. The lowest BCUT2D eigenvalue weighted by Gasteiger charge is -2.25. The number of nitrogens with two attached hydrogens (primary N) is 1. The van der Waals surface area contributed by atoms with Crippen molar-refractivity contribution >= 4 is 5.91 Å². The quantitative estimate of drug-likeness (QED) is 0.752. The van der Waals surface area contributed by atoms with Gasteiger partial charge in [-0.2, -0.15) is 0 Å². The maximum atomic E-state index is 11.8. The fraction of sp³-hybridized carbons (Fsp3) is 0.929. The lowest BCUT2D eigenvalue weighted by Crippen LogP contribution is -2.44. The molecule has 0 radical (unpaired) electrons. The molecular formula is C14H30N2O. The summed E-state index contributed by atoms with van der Waals surface area (Å²) in [7, 11) is 0. The highest BCUT2D eigenvalue weighted by molar-refractivity contribution is 5.76. The van der Waals surface area contributed by atoms with E-state index in [1.54, 1.807) is 0 Å². The van der Waals surface area contributed by atoms with Gasteiger partial charge in [-0.1, -0.05) is 41.5 Å². The third kappa shape index (κ3) is 8.19. The average Bonchev–Trinajstić information content (AvgIpc) is 2.09. The van der Waals surface area contributed by atoms with Crippen LogP contribution in [0.25, 0.3) is 0 Å². The zero-order valence-corrected chi connectivity index (χ0v) is 12.3. The van der Waals surface area contributed by atoms with Crippen LogP contribution in [0, 0.1) is 17.3 Å². The molecule has 0 rings (SSSR count). The third-order valence-electron chi connectivity index (χ3n) is 2.90. The Hall–Kier alpha value is -0.570. The third-order valence-corrected chi connectivity index (χ3v) is 2.90. The van der Waals surface area contributed by atoms with Gasteiger partial charge in [-0.3, -0.25) is 4.79 Å². The summed E-state index contributed by atoms with van der Waals surface area (Å²) in [6.07, 6.45) is 1.66. The predicted octanol–water partition coefficient (Wildman–Crippen LogP) is 2.55. The SMILES string of the molecule is CC(CC(=O)NC(CN)C(C)C)CC(C)(C)C. The summed E-state index contributed by atoms with van der Waals surface area (Å²) in [6.45, 7) is 13.4. The molecule has 0 bridgehead atoms. The van der Waals surface area contributed by atoms with Crippen molar-refractivity contribution in [2.75, 3.05) is 6.54 Å². The van der Waals surface area contributed by atoms with Crippen LogP contribution < -0.4 is 11.1 Å². The molecule has 17 heavy (non-hydrogen) atoms. The van der Waals surface area contributed by atoms with Gasteiger partial charge in [-0.25, -0.2) is 0 Å². The molecule has 2 atom stereocenters. The second kappa shape index (κ2) is 7.00. The summed E-state index contributed by atoms with van der Waals surface area (Å²) in [5.74, 6) is 0.938. The second-order valence-corrected chi connectivity index (χ2v) is 6.73. The van der Waals surface area contributed by atoms with E-state index in [9.17, 15) is 4.79 Å². The number of hydrogen-bond acceptors (Lipinski definition) is 2. The molecule has 0 saturated carbocycles. The minimum atomic E-state index is 0.101. The van der Waals surface area contributed by atoms with Crippen LogP contribution in [-0.4, -0.2) is 18.5 Å². The summed E-state index contributed by atoms with van der Waals surface area (Å²) >= 11 is 0. The normalized spacial score (nSPS) is 15.8. The van der Waals surface area contributed by atoms with E-state index in [1.165, 1.54) is 0 Å². The maximum absolute atomic E-state index is 11.8. The van der Waals surface area contributed by atoms with E-state index in [1.807, 2.05) is 0 Å². The molecule has 0 aromatic heterocycles. The summed E-state index contributed by atoms with van der Waals surface area (Å²) in [4.78, 5) is 11.8. The van der Waals surface area contributed by atoms with Gasteiger partial charge in [-0.05, 0) is 23.7 Å². The van der Waals surface area contributed by atoms with Crippen LogP contribution in [0.15, 0.2) is 0 Å². The van der Waals surface area contributed by atoms with E-state index in [0.717, 1.165) is 6.42 Å². The molecule has 0 aromatic rings. The molecule has 102 valence electrons. The Balaban J connectivity index is 4.09. The first-order valence-electron chi connectivity index (χ1n) is 6.65. The van der Waals surface area contributed by atoms with Gasteiger partial charge in [0.1, 0.15) is 0 Å². The Bertz CT molecular complexity index is 231. The summed E-state index contributed by atoms with van der Waals surface area (Å²) in [6, 6.07) is 0.101. The van der Waals surface area contributed by atoms with Gasteiger partial charge in [0, 0.05) is 19.0 Å². The van der Waals surface area contributed by atoms with E-state index in [2.05, 4.69) is 46.9 Å². The fourth-order valence-electron chi connectivity index (χ4n) is 2.20. The lowest BCUT2D eigenvalue weighted by molar-refractivity contribution is -0.123. The largest absolute Gasteiger partial charge is 0.352 e. The van der Waals surface area contributed by atoms with Crippen LogP contribution in [0.1, 0.15) is 54.4 Å². The summed E-state index contributed by atoms with van der Waals surface area (Å²) < 4.78 is 0. The van der Waals surface area contributed by atoms with Crippen LogP contribution in [0.4, 0.5) is 0 Å². The van der Waals surface area contributed by atoms with Gasteiger partial charge >= 0.3 is 0 Å². The first kappa shape index (κ1) is 16.4. The van der Waals surface area contributed by atoms with E-state index in [0.29, 0.717) is 24.8 Å². The molecule has 0 aliphatic heterocycles. The monoisotopic (exact) mass is 242 g/mol. The Morgan fingerprint density at radius 1 is 1.24 bits per heavy atom. The van der Waals surface area contributed by atoms with Crippen molar-refractivity contribution in [1.29, 1.82) is 0 Å². The molecule has 3 heteroatoms. The Morgan fingerprint density at radius 3 is 2.12 bits per heavy atom. The van der Waals surface area contributed by atoms with Crippen molar-refractivity contribution in [3.63, 3.8) is 0 Å². The highest BCUT2D eigenvalue weighted by Gasteiger charge is 2.20. The standard InChI is InChI=1S/C14H30N2O/c1-10(2)12(9-15)16-13(17)7-11(3)8-14(4,5)6/h10-12H,7-9,15H2,1-6H3,(H,16,17). The van der Waals surface area contributed by atoms with Crippen molar-refractivity contribution in [1.82, 2.24) is 5.32 Å². The van der Waals surface area contributed by atoms with Crippen molar-refractivity contribution in [2.45, 2.75) is 60.4 Å². The van der Waals surface area contributed by atoms with Crippen molar-refractivity contribution in [2.24, 2.45) is 23.0 Å². The number of nitrogens with one attached hydrogen (secondary N) is 1. The minimum absolute atomic E-state index is 0.101. The molecule has 3 N–H and O–H groups in total. The lowest BCUT2D eigenvalue weighted by atomic mass is 9.84. The van der Waals surface area contributed by atoms with Crippen LogP contribution in [0.5, 0.6) is 0 Å². The molecule has 1 amide bonds. The zero-order valence-electron chi connectivity index (χ0n) is 12.3. The smallest absolute Gasteiger partial charge is 0.220 e. The number of rotatable bonds is 6. The van der Waals surface area contributed by atoms with Crippen molar-refractivity contribution < 1.29 is 4.79 Å². The van der Waals surface area contributed by atoms with Gasteiger partial charge in [0.25, 0.3) is 0 Å². The zero-order chi connectivity index (χ0) is 13.6. The Labute approximate surface area is 107 Å². The highest BCUT2D eigenvalue weighted by Crippen LogP contribution is 2.25. The van der Waals surface area contributed by atoms with Crippen LogP contribution in [0.3, 0.4) is 0 Å². The molecular weight excluding hydrogens is 212 g/mol. The number of carbonyl (C=O) groups is 1. The highest BCUT2D eigenvalue weighted by atomic mass is 16.1. The van der Waals surface area contributed by atoms with E-state index in [4.69, 9.17) is 5.73 Å². The van der Waals surface area contributed by atoms with E-state index < -0.39 is 0 Å². The Morgan fingerprint density at radius 2 is 1.76 bits per heavy atom. The van der Waals surface area contributed by atoms with Crippen molar-refractivity contribution in [3.05, 3.63) is 0 Å². The molecule has 0 aliphatic carbocycles. The number of amides is 1. The molecule has 0 aromatic carbocycles. The van der Waals surface area contributed by atoms with Gasteiger partial charge in [0.15, 0.2) is 0 Å². The molecule has 0 heterocycles. The minimum Gasteiger partial charge on any atom is -0.352 e. The molecule has 0 fully saturated rings. The second-order valence-electron chi connectivity index (χ2n) is 6.73. The molecule has 0 spiro atoms. The Kier molecular flexibility index (Phi) is 6.76. The first-order chi connectivity index (χ1) is 7.65. The van der Waals surface area contributed by atoms with Crippen molar-refractivity contribution in [3.8, 4) is 0 Å². The topological polar surface area (TPSA) is 55.1 Å².